The summed E-state index contributed by atoms with van der Waals surface area (Å²) in [6.45, 7) is 8.81. The summed E-state index contributed by atoms with van der Waals surface area (Å²) >= 11 is 0. The van der Waals surface area contributed by atoms with Gasteiger partial charge >= 0.3 is 0 Å². The first kappa shape index (κ1) is 11.9. The Balaban J connectivity index is 2.58. The predicted octanol–water partition coefficient (Wildman–Crippen LogP) is 4.98. The number of hydrogen-bond acceptors (Lipinski definition) is 0. The fraction of sp³-hybridized carbons (Fsp3) is 0.294. The zero-order chi connectivity index (χ0) is 12.4. The third-order valence-electron chi connectivity index (χ3n) is 3.72. The topological polar surface area (TPSA) is 0 Å². The van der Waals surface area contributed by atoms with Gasteiger partial charge in [-0.2, -0.15) is 0 Å². The monoisotopic (exact) mass is 224 g/mol. The van der Waals surface area contributed by atoms with Crippen LogP contribution in [0.3, 0.4) is 0 Å². The molecule has 1 aromatic rings. The molecule has 88 valence electrons. The molecule has 0 bridgehead atoms. The van der Waals surface area contributed by atoms with Crippen LogP contribution in [0.25, 0.3) is 5.57 Å². The van der Waals surface area contributed by atoms with Crippen LogP contribution < -0.4 is 0 Å². The molecule has 0 nitrogen and oxygen atoms in total. The Morgan fingerprint density at radius 2 is 1.76 bits per heavy atom. The van der Waals surface area contributed by atoms with Gasteiger partial charge in [-0.05, 0) is 67.5 Å². The van der Waals surface area contributed by atoms with E-state index in [0.29, 0.717) is 0 Å². The average molecular weight is 224 g/mol. The molecule has 0 fully saturated rings. The predicted molar refractivity (Wildman–Crippen MR) is 76.0 cm³/mol. The number of aryl methyl sites for hydroxylation is 1. The number of benzene rings is 1. The second kappa shape index (κ2) is 4.75. The lowest BCUT2D eigenvalue weighted by Crippen LogP contribution is -1.94. The first-order valence-electron chi connectivity index (χ1n) is 6.22. The molecule has 0 radical (unpaired) electrons. The zero-order valence-electron chi connectivity index (χ0n) is 11.2. The van der Waals surface area contributed by atoms with Crippen LogP contribution in [0.15, 0.2) is 47.6 Å². The SMILES string of the molecule is CC1=C(C)C(c2cccc(C)c2C)=CCC=C1. The first-order valence-corrected chi connectivity index (χ1v) is 6.22. The Labute approximate surface area is 104 Å². The fourth-order valence-electron chi connectivity index (χ4n) is 2.28. The molecule has 2 rings (SSSR count). The van der Waals surface area contributed by atoms with E-state index in [1.807, 2.05) is 0 Å². The highest BCUT2D eigenvalue weighted by Crippen LogP contribution is 2.31. The second-order valence-corrected chi connectivity index (χ2v) is 4.81. The maximum absolute atomic E-state index is 2.34. The number of rotatable bonds is 1. The molecule has 0 saturated carbocycles. The van der Waals surface area contributed by atoms with Gasteiger partial charge in [0.15, 0.2) is 0 Å². The zero-order valence-corrected chi connectivity index (χ0v) is 11.2. The molecule has 0 heterocycles. The van der Waals surface area contributed by atoms with Crippen LogP contribution in [0.2, 0.25) is 0 Å². The van der Waals surface area contributed by atoms with Crippen molar-refractivity contribution >= 4 is 5.57 Å². The van der Waals surface area contributed by atoms with Crippen molar-refractivity contribution in [1.82, 2.24) is 0 Å². The van der Waals surface area contributed by atoms with Gasteiger partial charge in [0.05, 0.1) is 0 Å². The van der Waals surface area contributed by atoms with Crippen LogP contribution in [0.4, 0.5) is 0 Å². The van der Waals surface area contributed by atoms with Gasteiger partial charge < -0.3 is 0 Å². The molecule has 0 heteroatoms. The molecule has 0 unspecified atom stereocenters. The Kier molecular flexibility index (Phi) is 3.33. The van der Waals surface area contributed by atoms with Crippen LogP contribution in [-0.4, -0.2) is 0 Å². The van der Waals surface area contributed by atoms with E-state index >= 15 is 0 Å². The third kappa shape index (κ3) is 2.26. The quantitative estimate of drug-likeness (QED) is 0.631. The van der Waals surface area contributed by atoms with E-state index < -0.39 is 0 Å². The van der Waals surface area contributed by atoms with Crippen molar-refractivity contribution < 1.29 is 0 Å². The van der Waals surface area contributed by atoms with Gasteiger partial charge in [0.2, 0.25) is 0 Å². The Morgan fingerprint density at radius 3 is 2.53 bits per heavy atom. The summed E-state index contributed by atoms with van der Waals surface area (Å²) < 4.78 is 0. The van der Waals surface area contributed by atoms with Crippen molar-refractivity contribution in [3.63, 3.8) is 0 Å². The lowest BCUT2D eigenvalue weighted by Gasteiger charge is -2.14. The molecular formula is C17H20. The molecule has 1 aromatic carbocycles. The van der Waals surface area contributed by atoms with Crippen molar-refractivity contribution in [2.24, 2.45) is 0 Å². The van der Waals surface area contributed by atoms with E-state index in [0.717, 1.165) is 6.42 Å². The minimum Gasteiger partial charge on any atom is -0.0804 e. The average Bonchev–Trinajstić information content (AvgIpc) is 2.47. The summed E-state index contributed by atoms with van der Waals surface area (Å²) in [5.74, 6) is 0. The smallest absolute Gasteiger partial charge is 0.0152 e. The van der Waals surface area contributed by atoms with Gasteiger partial charge in [0.1, 0.15) is 0 Å². The summed E-state index contributed by atoms with van der Waals surface area (Å²) in [5, 5.41) is 0. The standard InChI is InChI=1S/C17H20/c1-12-8-5-6-10-16(14(12)3)17-11-7-9-13(2)15(17)4/h5,7-11H,6H2,1-4H3. The van der Waals surface area contributed by atoms with Crippen LogP contribution in [0.5, 0.6) is 0 Å². The summed E-state index contributed by atoms with van der Waals surface area (Å²) in [6, 6.07) is 6.57. The van der Waals surface area contributed by atoms with E-state index in [4.69, 9.17) is 0 Å². The number of allylic oxidation sites excluding steroid dienone is 6. The molecule has 0 amide bonds. The molecule has 0 saturated heterocycles. The molecule has 0 aromatic heterocycles. The highest BCUT2D eigenvalue weighted by molar-refractivity contribution is 5.82. The van der Waals surface area contributed by atoms with E-state index in [2.05, 4.69) is 64.1 Å². The molecule has 17 heavy (non-hydrogen) atoms. The lowest BCUT2D eigenvalue weighted by atomic mass is 9.91. The first-order chi connectivity index (χ1) is 8.11. The largest absolute Gasteiger partial charge is 0.0804 e. The molecule has 1 aliphatic rings. The Bertz CT molecular complexity index is 525. The maximum Gasteiger partial charge on any atom is -0.0152 e. The van der Waals surface area contributed by atoms with Gasteiger partial charge in [0.25, 0.3) is 0 Å². The van der Waals surface area contributed by atoms with E-state index in [1.165, 1.54) is 33.4 Å². The van der Waals surface area contributed by atoms with Crippen LogP contribution in [0, 0.1) is 13.8 Å². The van der Waals surface area contributed by atoms with Crippen molar-refractivity contribution in [2.75, 3.05) is 0 Å². The lowest BCUT2D eigenvalue weighted by molar-refractivity contribution is 1.29. The second-order valence-electron chi connectivity index (χ2n) is 4.81. The van der Waals surface area contributed by atoms with Gasteiger partial charge in [-0.1, -0.05) is 36.4 Å². The summed E-state index contributed by atoms with van der Waals surface area (Å²) in [7, 11) is 0. The third-order valence-corrected chi connectivity index (χ3v) is 3.72. The maximum atomic E-state index is 2.34. The molecular weight excluding hydrogens is 204 g/mol. The minimum absolute atomic E-state index is 1.03. The van der Waals surface area contributed by atoms with E-state index in [1.54, 1.807) is 0 Å². The number of hydrogen-bond donors (Lipinski definition) is 0. The van der Waals surface area contributed by atoms with E-state index in [9.17, 15) is 0 Å². The molecule has 1 aliphatic carbocycles. The fourth-order valence-corrected chi connectivity index (χ4v) is 2.28. The van der Waals surface area contributed by atoms with Crippen LogP contribution >= 0.6 is 0 Å². The normalized spacial score (nSPS) is 15.9. The van der Waals surface area contributed by atoms with Crippen molar-refractivity contribution in [3.8, 4) is 0 Å². The highest BCUT2D eigenvalue weighted by atomic mass is 14.2. The van der Waals surface area contributed by atoms with Crippen molar-refractivity contribution in [1.29, 1.82) is 0 Å². The van der Waals surface area contributed by atoms with Crippen LogP contribution in [-0.2, 0) is 0 Å². The van der Waals surface area contributed by atoms with E-state index in [-0.39, 0.29) is 0 Å². The van der Waals surface area contributed by atoms with Gasteiger partial charge in [-0.3, -0.25) is 0 Å². The molecule has 0 spiro atoms. The summed E-state index contributed by atoms with van der Waals surface area (Å²) in [4.78, 5) is 0. The molecule has 0 aliphatic heterocycles. The Hall–Kier alpha value is -1.56. The summed E-state index contributed by atoms with van der Waals surface area (Å²) in [5.41, 5.74) is 8.31. The van der Waals surface area contributed by atoms with Crippen molar-refractivity contribution in [3.05, 3.63) is 64.3 Å². The summed E-state index contributed by atoms with van der Waals surface area (Å²) in [6.07, 6.45) is 7.82. The van der Waals surface area contributed by atoms with Gasteiger partial charge in [-0.15, -0.1) is 0 Å². The Morgan fingerprint density at radius 1 is 1.00 bits per heavy atom. The minimum atomic E-state index is 1.03. The molecule has 0 atom stereocenters. The molecule has 0 N–H and O–H groups in total. The highest BCUT2D eigenvalue weighted by Gasteiger charge is 2.10. The van der Waals surface area contributed by atoms with Gasteiger partial charge in [0, 0.05) is 0 Å². The van der Waals surface area contributed by atoms with Crippen molar-refractivity contribution in [2.45, 2.75) is 34.1 Å². The van der Waals surface area contributed by atoms with Crippen LogP contribution in [0.1, 0.15) is 37.0 Å². The van der Waals surface area contributed by atoms with Gasteiger partial charge in [-0.25, -0.2) is 0 Å².